The third-order valence-corrected chi connectivity index (χ3v) is 4.19. The molecule has 0 fully saturated rings. The molecule has 0 radical (unpaired) electrons. The molecule has 5 nitrogen and oxygen atoms in total. The first-order valence-electron chi connectivity index (χ1n) is 9.16. The maximum atomic E-state index is 13.0. The van der Waals surface area contributed by atoms with Crippen molar-refractivity contribution in [3.63, 3.8) is 0 Å². The quantitative estimate of drug-likeness (QED) is 0.634. The van der Waals surface area contributed by atoms with Crippen molar-refractivity contribution in [1.82, 2.24) is 5.32 Å². The van der Waals surface area contributed by atoms with E-state index < -0.39 is 6.10 Å². The molecule has 29 heavy (non-hydrogen) atoms. The van der Waals surface area contributed by atoms with Crippen LogP contribution in [0.25, 0.3) is 0 Å². The van der Waals surface area contributed by atoms with Crippen LogP contribution in [0, 0.1) is 5.82 Å². The summed E-state index contributed by atoms with van der Waals surface area (Å²) in [5, 5.41) is 5.51. The zero-order chi connectivity index (χ0) is 20.6. The molecule has 0 saturated carbocycles. The number of halogens is 1. The number of ether oxygens (including phenoxy) is 1. The van der Waals surface area contributed by atoms with Crippen LogP contribution in [-0.4, -0.2) is 17.9 Å². The summed E-state index contributed by atoms with van der Waals surface area (Å²) in [4.78, 5) is 24.7. The zero-order valence-electron chi connectivity index (χ0n) is 15.9. The van der Waals surface area contributed by atoms with E-state index in [1.54, 1.807) is 31.2 Å². The van der Waals surface area contributed by atoms with E-state index in [0.717, 1.165) is 5.56 Å². The molecular weight excluding hydrogens is 371 g/mol. The number of carbonyl (C=O) groups excluding carboxylic acids is 2. The lowest BCUT2D eigenvalue weighted by Crippen LogP contribution is -2.30. The van der Waals surface area contributed by atoms with Crippen molar-refractivity contribution in [2.75, 3.05) is 5.32 Å². The molecule has 0 heterocycles. The van der Waals surface area contributed by atoms with E-state index in [4.69, 9.17) is 4.74 Å². The van der Waals surface area contributed by atoms with Crippen LogP contribution in [-0.2, 0) is 11.3 Å². The van der Waals surface area contributed by atoms with Gasteiger partial charge in [-0.1, -0.05) is 36.4 Å². The molecule has 0 bridgehead atoms. The van der Waals surface area contributed by atoms with Gasteiger partial charge in [0.25, 0.3) is 11.8 Å². The van der Waals surface area contributed by atoms with Crippen LogP contribution in [0.15, 0.2) is 78.9 Å². The van der Waals surface area contributed by atoms with Crippen LogP contribution in [0.4, 0.5) is 10.1 Å². The van der Waals surface area contributed by atoms with Crippen molar-refractivity contribution in [2.24, 2.45) is 0 Å². The van der Waals surface area contributed by atoms with Crippen molar-refractivity contribution in [3.8, 4) is 5.75 Å². The second-order valence-electron chi connectivity index (χ2n) is 6.45. The van der Waals surface area contributed by atoms with Gasteiger partial charge in [0.15, 0.2) is 6.10 Å². The zero-order valence-corrected chi connectivity index (χ0v) is 15.9. The Bertz CT molecular complexity index is 975. The molecule has 3 aromatic rings. The second-order valence-corrected chi connectivity index (χ2v) is 6.45. The lowest BCUT2D eigenvalue weighted by molar-refractivity contribution is -0.122. The lowest BCUT2D eigenvalue weighted by Gasteiger charge is -2.15. The maximum Gasteiger partial charge on any atom is 0.265 e. The molecule has 3 aromatic carbocycles. The second kappa shape index (κ2) is 9.50. The van der Waals surface area contributed by atoms with Crippen molar-refractivity contribution in [2.45, 2.75) is 19.6 Å². The summed E-state index contributed by atoms with van der Waals surface area (Å²) in [5.74, 6) is -0.591. The summed E-state index contributed by atoms with van der Waals surface area (Å²) in [5.41, 5.74) is 1.91. The SMILES string of the molecule is C[C@H](Oc1cccc(C(=O)NCc2ccccc2)c1)C(=O)Nc1ccc(F)cc1. The highest BCUT2D eigenvalue weighted by Crippen LogP contribution is 2.16. The molecule has 1 atom stereocenters. The Morgan fingerprint density at radius 2 is 1.69 bits per heavy atom. The third-order valence-electron chi connectivity index (χ3n) is 4.19. The Morgan fingerprint density at radius 1 is 0.966 bits per heavy atom. The molecule has 0 aromatic heterocycles. The highest BCUT2D eigenvalue weighted by molar-refractivity contribution is 5.95. The van der Waals surface area contributed by atoms with Gasteiger partial charge in [-0.25, -0.2) is 4.39 Å². The number of hydrogen-bond donors (Lipinski definition) is 2. The average Bonchev–Trinajstić information content (AvgIpc) is 2.74. The molecule has 0 saturated heterocycles. The monoisotopic (exact) mass is 392 g/mol. The number of anilines is 1. The number of benzene rings is 3. The fourth-order valence-electron chi connectivity index (χ4n) is 2.63. The summed E-state index contributed by atoms with van der Waals surface area (Å²) >= 11 is 0. The summed E-state index contributed by atoms with van der Waals surface area (Å²) in [6, 6.07) is 21.7. The van der Waals surface area contributed by atoms with Gasteiger partial charge in [0.2, 0.25) is 0 Å². The predicted octanol–water partition coefficient (Wildman–Crippen LogP) is 4.16. The van der Waals surface area contributed by atoms with Crippen molar-refractivity contribution >= 4 is 17.5 Å². The largest absolute Gasteiger partial charge is 0.481 e. The Hall–Kier alpha value is -3.67. The minimum atomic E-state index is -0.803. The van der Waals surface area contributed by atoms with Gasteiger partial charge in [-0.15, -0.1) is 0 Å². The summed E-state index contributed by atoms with van der Waals surface area (Å²) < 4.78 is 18.6. The first kappa shape index (κ1) is 20.1. The first-order valence-corrected chi connectivity index (χ1v) is 9.16. The van der Waals surface area contributed by atoms with Gasteiger partial charge in [-0.3, -0.25) is 9.59 Å². The maximum absolute atomic E-state index is 13.0. The van der Waals surface area contributed by atoms with Crippen LogP contribution in [0.5, 0.6) is 5.75 Å². The smallest absolute Gasteiger partial charge is 0.265 e. The van der Waals surface area contributed by atoms with Crippen molar-refractivity contribution in [3.05, 3.63) is 95.8 Å². The molecule has 0 aliphatic carbocycles. The van der Waals surface area contributed by atoms with Gasteiger partial charge >= 0.3 is 0 Å². The molecule has 3 rings (SSSR count). The normalized spacial score (nSPS) is 11.4. The molecule has 0 spiro atoms. The Kier molecular flexibility index (Phi) is 6.58. The minimum Gasteiger partial charge on any atom is -0.481 e. The van der Waals surface area contributed by atoms with Gasteiger partial charge in [-0.2, -0.15) is 0 Å². The Labute approximate surface area is 168 Å². The average molecular weight is 392 g/mol. The molecule has 0 aliphatic heterocycles. The van der Waals surface area contributed by atoms with E-state index in [9.17, 15) is 14.0 Å². The van der Waals surface area contributed by atoms with E-state index in [-0.39, 0.29) is 17.6 Å². The van der Waals surface area contributed by atoms with E-state index in [0.29, 0.717) is 23.5 Å². The Morgan fingerprint density at radius 3 is 2.41 bits per heavy atom. The van der Waals surface area contributed by atoms with E-state index in [1.807, 2.05) is 30.3 Å². The molecule has 0 aliphatic rings. The molecule has 2 N–H and O–H groups in total. The van der Waals surface area contributed by atoms with Crippen LogP contribution >= 0.6 is 0 Å². The molecular formula is C23H21FN2O3. The molecule has 148 valence electrons. The molecule has 0 unspecified atom stereocenters. The fraction of sp³-hybridized carbons (Fsp3) is 0.130. The standard InChI is InChI=1S/C23H21FN2O3/c1-16(22(27)26-20-12-10-19(24)11-13-20)29-21-9-5-8-18(14-21)23(28)25-15-17-6-3-2-4-7-17/h2-14,16H,15H2,1H3,(H,25,28)(H,26,27)/t16-/m0/s1. The van der Waals surface area contributed by atoms with Crippen molar-refractivity contribution < 1.29 is 18.7 Å². The van der Waals surface area contributed by atoms with E-state index in [1.165, 1.54) is 24.3 Å². The minimum absolute atomic E-state index is 0.234. The first-order chi connectivity index (χ1) is 14.0. The van der Waals surface area contributed by atoms with E-state index in [2.05, 4.69) is 10.6 Å². The van der Waals surface area contributed by atoms with E-state index >= 15 is 0 Å². The number of amides is 2. The topological polar surface area (TPSA) is 67.4 Å². The van der Waals surface area contributed by atoms with Crippen LogP contribution in [0.3, 0.4) is 0 Å². The predicted molar refractivity (Wildman–Crippen MR) is 109 cm³/mol. The van der Waals surface area contributed by atoms with Crippen molar-refractivity contribution in [1.29, 1.82) is 0 Å². The number of nitrogens with one attached hydrogen (secondary N) is 2. The third kappa shape index (κ3) is 5.90. The Balaban J connectivity index is 1.57. The highest BCUT2D eigenvalue weighted by Gasteiger charge is 2.16. The highest BCUT2D eigenvalue weighted by atomic mass is 19.1. The number of carbonyl (C=O) groups is 2. The van der Waals surface area contributed by atoms with Gasteiger partial charge in [0.05, 0.1) is 0 Å². The molecule has 2 amide bonds. The van der Waals surface area contributed by atoms with Gasteiger partial charge in [0.1, 0.15) is 11.6 Å². The summed E-state index contributed by atoms with van der Waals surface area (Å²) in [7, 11) is 0. The summed E-state index contributed by atoms with van der Waals surface area (Å²) in [6.45, 7) is 2.02. The van der Waals surface area contributed by atoms with Gasteiger partial charge in [0, 0.05) is 17.8 Å². The fourth-order valence-corrected chi connectivity index (χ4v) is 2.63. The lowest BCUT2D eigenvalue weighted by atomic mass is 10.2. The van der Waals surface area contributed by atoms with Crippen LogP contribution in [0.1, 0.15) is 22.8 Å². The summed E-state index contributed by atoms with van der Waals surface area (Å²) in [6.07, 6.45) is -0.803. The van der Waals surface area contributed by atoms with Gasteiger partial charge < -0.3 is 15.4 Å². The number of hydrogen-bond acceptors (Lipinski definition) is 3. The number of rotatable bonds is 7. The van der Waals surface area contributed by atoms with Crippen LogP contribution < -0.4 is 15.4 Å². The van der Waals surface area contributed by atoms with Crippen LogP contribution in [0.2, 0.25) is 0 Å². The molecule has 6 heteroatoms. The van der Waals surface area contributed by atoms with Gasteiger partial charge in [-0.05, 0) is 55.0 Å².